The van der Waals surface area contributed by atoms with Gasteiger partial charge < -0.3 is 4.74 Å². The highest BCUT2D eigenvalue weighted by Crippen LogP contribution is 2.38. The predicted molar refractivity (Wildman–Crippen MR) is 85.7 cm³/mol. The average molecular weight is 351 g/mol. The second-order valence-corrected chi connectivity index (χ2v) is 6.30. The topological polar surface area (TPSA) is 43.4 Å². The van der Waals surface area contributed by atoms with Crippen LogP contribution in [0, 0.1) is 5.41 Å². The van der Waals surface area contributed by atoms with E-state index in [2.05, 4.69) is 15.9 Å². The van der Waals surface area contributed by atoms with Crippen LogP contribution in [0.5, 0.6) is 0 Å². The zero-order valence-corrected chi connectivity index (χ0v) is 13.7. The number of halogens is 1. The number of carbonyl (C=O) groups is 2. The van der Waals surface area contributed by atoms with Crippen LogP contribution in [0.2, 0.25) is 0 Å². The number of allylic oxidation sites excluding steroid dienone is 1. The summed E-state index contributed by atoms with van der Waals surface area (Å²) in [5.41, 5.74) is -0.0406. The van der Waals surface area contributed by atoms with Crippen molar-refractivity contribution in [2.24, 2.45) is 5.41 Å². The van der Waals surface area contributed by atoms with Crippen molar-refractivity contribution in [3.05, 3.63) is 40.4 Å². The van der Waals surface area contributed by atoms with Gasteiger partial charge in [-0.2, -0.15) is 0 Å². The number of rotatable bonds is 4. The summed E-state index contributed by atoms with van der Waals surface area (Å²) < 4.78 is 5.87. The van der Waals surface area contributed by atoms with Gasteiger partial charge in [0.2, 0.25) is 0 Å². The van der Waals surface area contributed by atoms with Crippen molar-refractivity contribution in [2.45, 2.75) is 32.1 Å². The minimum atomic E-state index is -0.973. The van der Waals surface area contributed by atoms with E-state index in [9.17, 15) is 9.59 Å². The molecule has 112 valence electrons. The summed E-state index contributed by atoms with van der Waals surface area (Å²) in [5.74, 6) is -0.537. The van der Waals surface area contributed by atoms with Gasteiger partial charge in [-0.1, -0.05) is 53.4 Å². The second-order valence-electron chi connectivity index (χ2n) is 5.38. The van der Waals surface area contributed by atoms with E-state index >= 15 is 0 Å². The Morgan fingerprint density at radius 1 is 1.14 bits per heavy atom. The van der Waals surface area contributed by atoms with Gasteiger partial charge in [-0.25, -0.2) is 0 Å². The summed E-state index contributed by atoms with van der Waals surface area (Å²) in [4.78, 5) is 24.7. The van der Waals surface area contributed by atoms with Gasteiger partial charge in [0.05, 0.1) is 7.11 Å². The smallest absolute Gasteiger partial charge is 0.319 e. The summed E-state index contributed by atoms with van der Waals surface area (Å²) >= 11 is 3.37. The fraction of sp³-hybridized carbons (Fsp3) is 0.412. The molecule has 1 aliphatic rings. The Morgan fingerprint density at radius 3 is 2.33 bits per heavy atom. The molecular formula is C17H19BrO3. The lowest BCUT2D eigenvalue weighted by Gasteiger charge is -2.31. The first-order valence-electron chi connectivity index (χ1n) is 7.15. The van der Waals surface area contributed by atoms with E-state index < -0.39 is 11.4 Å². The molecule has 0 N–H and O–H groups in total. The van der Waals surface area contributed by atoms with Crippen LogP contribution >= 0.6 is 15.9 Å². The Labute approximate surface area is 133 Å². The lowest BCUT2D eigenvalue weighted by Crippen LogP contribution is -2.41. The molecule has 0 spiro atoms. The Kier molecular flexibility index (Phi) is 5.34. The fourth-order valence-corrected chi connectivity index (χ4v) is 3.07. The van der Waals surface area contributed by atoms with Crippen molar-refractivity contribution in [3.63, 3.8) is 0 Å². The van der Waals surface area contributed by atoms with Crippen LogP contribution in [0.3, 0.4) is 0 Å². The Hall–Kier alpha value is -1.42. The van der Waals surface area contributed by atoms with Crippen molar-refractivity contribution in [2.75, 3.05) is 7.11 Å². The highest BCUT2D eigenvalue weighted by atomic mass is 79.9. The number of carbonyl (C=O) groups excluding carboxylic acids is 2. The number of benzene rings is 1. The van der Waals surface area contributed by atoms with E-state index in [1.165, 1.54) is 13.2 Å². The van der Waals surface area contributed by atoms with E-state index in [1.807, 2.05) is 24.3 Å². The first-order chi connectivity index (χ1) is 10.1. The fourth-order valence-electron chi connectivity index (χ4n) is 2.81. The summed E-state index contributed by atoms with van der Waals surface area (Å²) in [6.45, 7) is 0. The number of ether oxygens (including phenoxy) is 1. The largest absolute Gasteiger partial charge is 0.468 e. The summed E-state index contributed by atoms with van der Waals surface area (Å²) in [5, 5.41) is 0. The normalized spacial score (nSPS) is 17.6. The third kappa shape index (κ3) is 3.62. The summed E-state index contributed by atoms with van der Waals surface area (Å²) in [6.07, 6.45) is 7.31. The quantitative estimate of drug-likeness (QED) is 0.465. The zero-order chi connectivity index (χ0) is 15.3. The first kappa shape index (κ1) is 16.0. The summed E-state index contributed by atoms with van der Waals surface area (Å²) in [7, 11) is 1.35. The third-order valence-corrected chi connectivity index (χ3v) is 4.58. The number of ketones is 1. The van der Waals surface area contributed by atoms with E-state index in [4.69, 9.17) is 4.74 Å². The van der Waals surface area contributed by atoms with E-state index in [0.717, 1.165) is 29.3 Å². The van der Waals surface area contributed by atoms with Crippen LogP contribution in [-0.4, -0.2) is 18.9 Å². The van der Waals surface area contributed by atoms with Crippen molar-refractivity contribution in [3.8, 4) is 0 Å². The monoisotopic (exact) mass is 350 g/mol. The van der Waals surface area contributed by atoms with Gasteiger partial charge in [-0.3, -0.25) is 9.59 Å². The van der Waals surface area contributed by atoms with Gasteiger partial charge >= 0.3 is 5.97 Å². The third-order valence-electron chi connectivity index (χ3n) is 4.05. The van der Waals surface area contributed by atoms with Gasteiger partial charge in [-0.15, -0.1) is 0 Å². The molecule has 0 saturated heterocycles. The molecule has 1 aromatic carbocycles. The van der Waals surface area contributed by atoms with Crippen LogP contribution < -0.4 is 0 Å². The molecule has 0 unspecified atom stereocenters. The van der Waals surface area contributed by atoms with Crippen LogP contribution in [0.15, 0.2) is 34.8 Å². The molecule has 2 rings (SSSR count). The first-order valence-corrected chi connectivity index (χ1v) is 7.94. The van der Waals surface area contributed by atoms with Crippen LogP contribution in [0.4, 0.5) is 0 Å². The van der Waals surface area contributed by atoms with Gasteiger partial charge in [0.1, 0.15) is 5.41 Å². The van der Waals surface area contributed by atoms with Crippen molar-refractivity contribution in [1.29, 1.82) is 0 Å². The van der Waals surface area contributed by atoms with E-state index in [-0.39, 0.29) is 5.78 Å². The molecule has 21 heavy (non-hydrogen) atoms. The average Bonchev–Trinajstić information content (AvgIpc) is 2.53. The highest BCUT2D eigenvalue weighted by Gasteiger charge is 2.45. The van der Waals surface area contributed by atoms with Gasteiger partial charge in [-0.05, 0) is 36.6 Å². The molecule has 0 heterocycles. The molecule has 0 aromatic heterocycles. The van der Waals surface area contributed by atoms with Crippen LogP contribution in [-0.2, 0) is 14.3 Å². The van der Waals surface area contributed by atoms with Crippen molar-refractivity contribution >= 4 is 33.8 Å². The lowest BCUT2D eigenvalue weighted by molar-refractivity contribution is -0.158. The Balaban J connectivity index is 2.18. The standard InChI is InChI=1S/C17H19BrO3/c1-21-16(20)17(11-3-2-4-12-17)15(19)10-7-13-5-8-14(18)9-6-13/h5-10H,2-4,11-12H2,1H3/b10-7+. The maximum absolute atomic E-state index is 12.6. The summed E-state index contributed by atoms with van der Waals surface area (Å²) in [6, 6.07) is 7.67. The van der Waals surface area contributed by atoms with E-state index in [1.54, 1.807) is 6.08 Å². The van der Waals surface area contributed by atoms with Gasteiger partial charge in [0.15, 0.2) is 5.78 Å². The molecule has 0 atom stereocenters. The van der Waals surface area contributed by atoms with Gasteiger partial charge in [0.25, 0.3) is 0 Å². The Morgan fingerprint density at radius 2 is 1.76 bits per heavy atom. The maximum Gasteiger partial charge on any atom is 0.319 e. The molecule has 0 bridgehead atoms. The van der Waals surface area contributed by atoms with Gasteiger partial charge in [0, 0.05) is 4.47 Å². The van der Waals surface area contributed by atoms with E-state index in [0.29, 0.717) is 12.8 Å². The predicted octanol–water partition coefficient (Wildman–Crippen LogP) is 4.15. The molecular weight excluding hydrogens is 332 g/mol. The molecule has 0 radical (unpaired) electrons. The SMILES string of the molecule is COC(=O)C1(C(=O)/C=C/c2ccc(Br)cc2)CCCCC1. The number of hydrogen-bond donors (Lipinski definition) is 0. The molecule has 4 heteroatoms. The molecule has 3 nitrogen and oxygen atoms in total. The maximum atomic E-state index is 12.6. The van der Waals surface area contributed by atoms with Crippen molar-refractivity contribution < 1.29 is 14.3 Å². The molecule has 1 fully saturated rings. The number of methoxy groups -OCH3 is 1. The molecule has 0 aliphatic heterocycles. The highest BCUT2D eigenvalue weighted by molar-refractivity contribution is 9.10. The second kappa shape index (κ2) is 7.03. The molecule has 1 aromatic rings. The molecule has 0 amide bonds. The minimum absolute atomic E-state index is 0.142. The van der Waals surface area contributed by atoms with Crippen LogP contribution in [0.1, 0.15) is 37.7 Å². The van der Waals surface area contributed by atoms with Crippen LogP contribution in [0.25, 0.3) is 6.08 Å². The number of hydrogen-bond acceptors (Lipinski definition) is 3. The molecule has 1 aliphatic carbocycles. The Bertz CT molecular complexity index is 540. The minimum Gasteiger partial charge on any atom is -0.468 e. The zero-order valence-electron chi connectivity index (χ0n) is 12.1. The number of esters is 1. The van der Waals surface area contributed by atoms with Crippen molar-refractivity contribution in [1.82, 2.24) is 0 Å². The lowest BCUT2D eigenvalue weighted by atomic mass is 9.71. The molecule has 1 saturated carbocycles.